The number of thioether (sulfide) groups is 1. The third-order valence-electron chi connectivity index (χ3n) is 3.57. The molecular formula is C17H14Cl2FN3S. The van der Waals surface area contributed by atoms with Gasteiger partial charge in [-0.1, -0.05) is 53.2 Å². The van der Waals surface area contributed by atoms with Crippen LogP contribution in [0.1, 0.15) is 17.0 Å². The molecule has 0 bridgehead atoms. The molecule has 3 rings (SSSR count). The third-order valence-corrected chi connectivity index (χ3v) is 5.25. The third kappa shape index (κ3) is 4.09. The maximum Gasteiger partial charge on any atom is 0.191 e. The lowest BCUT2D eigenvalue weighted by Crippen LogP contribution is -2.00. The molecule has 3 nitrogen and oxygen atoms in total. The van der Waals surface area contributed by atoms with Crippen LogP contribution in [0.4, 0.5) is 4.39 Å². The summed E-state index contributed by atoms with van der Waals surface area (Å²) in [7, 11) is 1.93. The van der Waals surface area contributed by atoms with Crippen LogP contribution >= 0.6 is 35.0 Å². The van der Waals surface area contributed by atoms with Crippen LogP contribution in [0, 0.1) is 5.82 Å². The molecule has 0 amide bonds. The van der Waals surface area contributed by atoms with Gasteiger partial charge in [0, 0.05) is 29.3 Å². The molecule has 0 aliphatic heterocycles. The highest BCUT2D eigenvalue weighted by Crippen LogP contribution is 2.26. The Bertz CT molecular complexity index is 850. The van der Waals surface area contributed by atoms with Gasteiger partial charge in [-0.15, -0.1) is 10.2 Å². The first-order valence-electron chi connectivity index (χ1n) is 7.22. The molecule has 2 aromatic carbocycles. The van der Waals surface area contributed by atoms with Gasteiger partial charge in [0.1, 0.15) is 11.6 Å². The van der Waals surface area contributed by atoms with Gasteiger partial charge in [-0.2, -0.15) is 0 Å². The SMILES string of the molecule is Cn1c(Cc2ccc(Cl)cc2)nnc1SCc1ccc(F)cc1Cl. The largest absolute Gasteiger partial charge is 0.309 e. The van der Waals surface area contributed by atoms with Crippen molar-refractivity contribution in [2.24, 2.45) is 7.05 Å². The van der Waals surface area contributed by atoms with Gasteiger partial charge in [0.05, 0.1) is 0 Å². The summed E-state index contributed by atoms with van der Waals surface area (Å²) in [6.45, 7) is 0. The van der Waals surface area contributed by atoms with Crippen molar-refractivity contribution >= 4 is 35.0 Å². The van der Waals surface area contributed by atoms with Crippen LogP contribution in [0.3, 0.4) is 0 Å². The van der Waals surface area contributed by atoms with Crippen LogP contribution in [-0.2, 0) is 19.2 Å². The average Bonchev–Trinajstić information content (AvgIpc) is 2.89. The maximum atomic E-state index is 13.1. The van der Waals surface area contributed by atoms with E-state index in [0.29, 0.717) is 22.2 Å². The molecule has 0 radical (unpaired) electrons. The van der Waals surface area contributed by atoms with Crippen LogP contribution in [-0.4, -0.2) is 14.8 Å². The summed E-state index contributed by atoms with van der Waals surface area (Å²) in [6.07, 6.45) is 0.679. The van der Waals surface area contributed by atoms with Gasteiger partial charge in [0.25, 0.3) is 0 Å². The van der Waals surface area contributed by atoms with Crippen molar-refractivity contribution in [1.29, 1.82) is 0 Å². The molecule has 24 heavy (non-hydrogen) atoms. The Hall–Kier alpha value is -1.56. The van der Waals surface area contributed by atoms with E-state index in [0.717, 1.165) is 22.1 Å². The van der Waals surface area contributed by atoms with Crippen LogP contribution in [0.25, 0.3) is 0 Å². The summed E-state index contributed by atoms with van der Waals surface area (Å²) in [4.78, 5) is 0. The quantitative estimate of drug-likeness (QED) is 0.572. The molecule has 0 fully saturated rings. The predicted octanol–water partition coefficient (Wildman–Crippen LogP) is 5.14. The summed E-state index contributed by atoms with van der Waals surface area (Å²) < 4.78 is 15.0. The van der Waals surface area contributed by atoms with Crippen LogP contribution in [0.2, 0.25) is 10.0 Å². The first kappa shape index (κ1) is 17.3. The van der Waals surface area contributed by atoms with Gasteiger partial charge in [0.15, 0.2) is 5.16 Å². The van der Waals surface area contributed by atoms with Crippen molar-refractivity contribution in [2.75, 3.05) is 0 Å². The molecule has 0 saturated heterocycles. The summed E-state index contributed by atoms with van der Waals surface area (Å²) in [5.74, 6) is 1.13. The normalized spacial score (nSPS) is 11.0. The predicted molar refractivity (Wildman–Crippen MR) is 96.2 cm³/mol. The van der Waals surface area contributed by atoms with E-state index in [1.54, 1.807) is 6.07 Å². The molecular weight excluding hydrogens is 368 g/mol. The second kappa shape index (κ2) is 7.55. The molecule has 3 aromatic rings. The first-order valence-corrected chi connectivity index (χ1v) is 8.96. The number of hydrogen-bond acceptors (Lipinski definition) is 3. The maximum absolute atomic E-state index is 13.1. The van der Waals surface area contributed by atoms with Gasteiger partial charge >= 0.3 is 0 Å². The molecule has 7 heteroatoms. The monoisotopic (exact) mass is 381 g/mol. The van der Waals surface area contributed by atoms with Crippen molar-refractivity contribution in [1.82, 2.24) is 14.8 Å². The number of rotatable bonds is 5. The molecule has 0 unspecified atom stereocenters. The molecule has 124 valence electrons. The number of halogens is 3. The number of aromatic nitrogens is 3. The first-order chi connectivity index (χ1) is 11.5. The highest BCUT2D eigenvalue weighted by atomic mass is 35.5. The molecule has 0 spiro atoms. The van der Waals surface area contributed by atoms with Crippen molar-refractivity contribution in [3.05, 3.63) is 75.3 Å². The van der Waals surface area contributed by atoms with Crippen LogP contribution < -0.4 is 0 Å². The number of hydrogen-bond donors (Lipinski definition) is 0. The summed E-state index contributed by atoms with van der Waals surface area (Å²) in [5, 5.41) is 10.4. The van der Waals surface area contributed by atoms with Crippen molar-refractivity contribution in [3.8, 4) is 0 Å². The molecule has 0 aliphatic carbocycles. The molecule has 1 heterocycles. The zero-order chi connectivity index (χ0) is 17.1. The van der Waals surface area contributed by atoms with Gasteiger partial charge in [-0.25, -0.2) is 4.39 Å². The fourth-order valence-corrected chi connectivity index (χ4v) is 3.56. The highest BCUT2D eigenvalue weighted by Gasteiger charge is 2.11. The summed E-state index contributed by atoms with van der Waals surface area (Å²) in [6, 6.07) is 12.1. The van der Waals surface area contributed by atoms with Gasteiger partial charge < -0.3 is 4.57 Å². The van der Waals surface area contributed by atoms with Crippen LogP contribution in [0.15, 0.2) is 47.6 Å². The van der Waals surface area contributed by atoms with E-state index in [1.807, 2.05) is 35.9 Å². The highest BCUT2D eigenvalue weighted by molar-refractivity contribution is 7.98. The van der Waals surface area contributed by atoms with E-state index in [1.165, 1.54) is 23.9 Å². The summed E-state index contributed by atoms with van der Waals surface area (Å²) in [5.41, 5.74) is 1.98. The van der Waals surface area contributed by atoms with Gasteiger partial charge in [-0.05, 0) is 35.4 Å². The van der Waals surface area contributed by atoms with Crippen molar-refractivity contribution < 1.29 is 4.39 Å². The van der Waals surface area contributed by atoms with E-state index < -0.39 is 0 Å². The number of nitrogens with zero attached hydrogens (tertiary/aromatic N) is 3. The van der Waals surface area contributed by atoms with E-state index in [9.17, 15) is 4.39 Å². The Morgan fingerprint density at radius 3 is 2.54 bits per heavy atom. The molecule has 0 atom stereocenters. The fraction of sp³-hybridized carbons (Fsp3) is 0.176. The van der Waals surface area contributed by atoms with E-state index in [4.69, 9.17) is 23.2 Å². The second-order valence-electron chi connectivity index (χ2n) is 5.29. The van der Waals surface area contributed by atoms with Gasteiger partial charge in [0.2, 0.25) is 0 Å². The fourth-order valence-electron chi connectivity index (χ4n) is 2.19. The standard InChI is InChI=1S/C17H14Cl2FN3S/c1-23-16(8-11-2-5-13(18)6-3-11)21-22-17(23)24-10-12-4-7-14(20)9-15(12)19/h2-7,9H,8,10H2,1H3. The lowest BCUT2D eigenvalue weighted by atomic mass is 10.1. The number of benzene rings is 2. The molecule has 0 aliphatic rings. The van der Waals surface area contributed by atoms with E-state index in [2.05, 4.69) is 10.2 Å². The molecule has 0 N–H and O–H groups in total. The molecule has 0 saturated carbocycles. The smallest absolute Gasteiger partial charge is 0.191 e. The van der Waals surface area contributed by atoms with Crippen LogP contribution in [0.5, 0.6) is 0 Å². The topological polar surface area (TPSA) is 30.7 Å². The van der Waals surface area contributed by atoms with Crippen molar-refractivity contribution in [3.63, 3.8) is 0 Å². The molecule has 1 aromatic heterocycles. The van der Waals surface area contributed by atoms with Gasteiger partial charge in [-0.3, -0.25) is 0 Å². The minimum absolute atomic E-state index is 0.336. The summed E-state index contributed by atoms with van der Waals surface area (Å²) >= 11 is 13.5. The zero-order valence-electron chi connectivity index (χ0n) is 12.8. The van der Waals surface area contributed by atoms with Crippen molar-refractivity contribution in [2.45, 2.75) is 17.3 Å². The average molecular weight is 382 g/mol. The zero-order valence-corrected chi connectivity index (χ0v) is 15.2. The minimum Gasteiger partial charge on any atom is -0.309 e. The Labute approximate surface area is 153 Å². The Morgan fingerprint density at radius 2 is 1.83 bits per heavy atom. The Balaban J connectivity index is 1.69. The second-order valence-corrected chi connectivity index (χ2v) is 7.07. The minimum atomic E-state index is -0.336. The lowest BCUT2D eigenvalue weighted by Gasteiger charge is -2.06. The Morgan fingerprint density at radius 1 is 1.08 bits per heavy atom. The van der Waals surface area contributed by atoms with E-state index in [-0.39, 0.29) is 5.82 Å². The Kier molecular flexibility index (Phi) is 5.43. The lowest BCUT2D eigenvalue weighted by molar-refractivity contribution is 0.627. The van der Waals surface area contributed by atoms with E-state index >= 15 is 0 Å².